The zero-order valence-corrected chi connectivity index (χ0v) is 10.9. The molecular weight excluding hydrogens is 260 g/mol. The second-order valence-electron chi connectivity index (χ2n) is 5.07. The molecule has 0 aromatic heterocycles. The minimum absolute atomic E-state index is 0.0238. The lowest BCUT2D eigenvalue weighted by molar-refractivity contribution is -0.122. The smallest absolute Gasteiger partial charge is 0.276 e. The van der Waals surface area contributed by atoms with Gasteiger partial charge < -0.3 is 15.1 Å². The van der Waals surface area contributed by atoms with E-state index in [2.05, 4.69) is 10.4 Å². The maximum Gasteiger partial charge on any atom is 0.276 e. The van der Waals surface area contributed by atoms with Crippen molar-refractivity contribution >= 4 is 12.0 Å². The maximum atomic E-state index is 11.2. The molecule has 0 unspecified atom stereocenters. The molecule has 1 saturated heterocycles. The third kappa shape index (κ3) is 2.48. The van der Waals surface area contributed by atoms with Gasteiger partial charge in [-0.25, -0.2) is 0 Å². The summed E-state index contributed by atoms with van der Waals surface area (Å²) in [6.45, 7) is 1.94. The highest BCUT2D eigenvalue weighted by Crippen LogP contribution is 2.36. The summed E-state index contributed by atoms with van der Waals surface area (Å²) in [7, 11) is 0. The number of likely N-dealkylation sites (tertiary alicyclic amines) is 1. The SMILES string of the molecule is O=C1C=Cc2ccc(CN3CC[C@@H](O)C3)c(O)c2ON1. The monoisotopic (exact) mass is 276 g/mol. The van der Waals surface area contributed by atoms with Crippen LogP contribution in [0.3, 0.4) is 0 Å². The van der Waals surface area contributed by atoms with Crippen molar-refractivity contribution in [2.45, 2.75) is 19.1 Å². The van der Waals surface area contributed by atoms with E-state index < -0.39 is 0 Å². The first-order valence-electron chi connectivity index (χ1n) is 6.53. The van der Waals surface area contributed by atoms with Crippen molar-refractivity contribution < 1.29 is 19.8 Å². The zero-order valence-electron chi connectivity index (χ0n) is 10.9. The maximum absolute atomic E-state index is 11.2. The Bertz CT molecular complexity index is 571. The van der Waals surface area contributed by atoms with E-state index in [1.54, 1.807) is 12.1 Å². The molecule has 0 bridgehead atoms. The van der Waals surface area contributed by atoms with Gasteiger partial charge in [0, 0.05) is 36.8 Å². The summed E-state index contributed by atoms with van der Waals surface area (Å²) in [6, 6.07) is 3.61. The number of aliphatic hydroxyl groups is 1. The number of rotatable bonds is 2. The number of benzene rings is 1. The largest absolute Gasteiger partial charge is 0.504 e. The molecule has 0 spiro atoms. The Labute approximate surface area is 116 Å². The molecule has 20 heavy (non-hydrogen) atoms. The van der Waals surface area contributed by atoms with E-state index in [0.29, 0.717) is 24.2 Å². The number of β-amino-alcohol motifs (C(OH)–C–C–N with tert-alkyl or cyclic N) is 1. The summed E-state index contributed by atoms with van der Waals surface area (Å²) in [5, 5.41) is 19.8. The number of hydrogen-bond donors (Lipinski definition) is 3. The van der Waals surface area contributed by atoms with Gasteiger partial charge in [0.05, 0.1) is 6.10 Å². The topological polar surface area (TPSA) is 82.0 Å². The van der Waals surface area contributed by atoms with Crippen LogP contribution in [-0.4, -0.2) is 40.2 Å². The Morgan fingerprint density at radius 3 is 3.00 bits per heavy atom. The molecule has 3 rings (SSSR count). The fraction of sp³-hybridized carbons (Fsp3) is 0.357. The highest BCUT2D eigenvalue weighted by atomic mass is 16.7. The summed E-state index contributed by atoms with van der Waals surface area (Å²) in [6.07, 6.45) is 3.40. The fourth-order valence-electron chi connectivity index (χ4n) is 2.49. The third-order valence-electron chi connectivity index (χ3n) is 3.55. The minimum atomic E-state index is -0.371. The highest BCUT2D eigenvalue weighted by molar-refractivity contribution is 5.92. The van der Waals surface area contributed by atoms with E-state index in [9.17, 15) is 15.0 Å². The molecule has 2 heterocycles. The summed E-state index contributed by atoms with van der Waals surface area (Å²) in [4.78, 5) is 18.4. The number of hydroxylamine groups is 1. The van der Waals surface area contributed by atoms with Crippen LogP contribution >= 0.6 is 0 Å². The second-order valence-corrected chi connectivity index (χ2v) is 5.07. The van der Waals surface area contributed by atoms with Gasteiger partial charge in [0.2, 0.25) is 5.75 Å². The van der Waals surface area contributed by atoms with Gasteiger partial charge >= 0.3 is 0 Å². The van der Waals surface area contributed by atoms with Crippen molar-refractivity contribution in [2.24, 2.45) is 0 Å². The first-order valence-corrected chi connectivity index (χ1v) is 6.53. The minimum Gasteiger partial charge on any atom is -0.504 e. The lowest BCUT2D eigenvalue weighted by Gasteiger charge is -2.17. The van der Waals surface area contributed by atoms with Crippen molar-refractivity contribution in [2.75, 3.05) is 13.1 Å². The van der Waals surface area contributed by atoms with Crippen LogP contribution in [-0.2, 0) is 11.3 Å². The molecule has 2 aliphatic rings. The van der Waals surface area contributed by atoms with Crippen molar-refractivity contribution in [1.29, 1.82) is 0 Å². The summed E-state index contributed by atoms with van der Waals surface area (Å²) in [5.41, 5.74) is 3.59. The Balaban J connectivity index is 1.84. The average molecular weight is 276 g/mol. The molecule has 1 amide bonds. The van der Waals surface area contributed by atoms with E-state index in [0.717, 1.165) is 13.0 Å². The lowest BCUT2D eigenvalue weighted by atomic mass is 10.1. The predicted molar refractivity (Wildman–Crippen MR) is 71.8 cm³/mol. The van der Waals surface area contributed by atoms with Gasteiger partial charge in [-0.1, -0.05) is 12.1 Å². The summed E-state index contributed by atoms with van der Waals surface area (Å²) < 4.78 is 0. The van der Waals surface area contributed by atoms with Crippen molar-refractivity contribution in [3.8, 4) is 11.5 Å². The second kappa shape index (κ2) is 5.15. The molecule has 1 aromatic carbocycles. The number of carbonyl (C=O) groups excluding carboxylic acids is 1. The normalized spacial score (nSPS) is 22.1. The molecule has 0 radical (unpaired) electrons. The molecule has 106 valence electrons. The van der Waals surface area contributed by atoms with Gasteiger partial charge in [0.15, 0.2) is 5.75 Å². The van der Waals surface area contributed by atoms with Crippen LogP contribution in [0.4, 0.5) is 0 Å². The van der Waals surface area contributed by atoms with Gasteiger partial charge in [-0.05, 0) is 12.5 Å². The van der Waals surface area contributed by atoms with Crippen molar-refractivity contribution in [1.82, 2.24) is 10.4 Å². The van der Waals surface area contributed by atoms with Crippen molar-refractivity contribution in [3.63, 3.8) is 0 Å². The summed E-state index contributed by atoms with van der Waals surface area (Å²) >= 11 is 0. The van der Waals surface area contributed by atoms with Crippen LogP contribution in [0.1, 0.15) is 17.5 Å². The number of amides is 1. The van der Waals surface area contributed by atoms with Gasteiger partial charge in [-0.3, -0.25) is 9.69 Å². The first-order chi connectivity index (χ1) is 9.63. The van der Waals surface area contributed by atoms with E-state index in [4.69, 9.17) is 4.84 Å². The molecule has 2 aliphatic heterocycles. The fourth-order valence-corrected chi connectivity index (χ4v) is 2.49. The summed E-state index contributed by atoms with van der Waals surface area (Å²) in [5.74, 6) is -0.0927. The number of carbonyl (C=O) groups is 1. The first kappa shape index (κ1) is 13.0. The molecular formula is C14H16N2O4. The van der Waals surface area contributed by atoms with Gasteiger partial charge in [0.25, 0.3) is 5.91 Å². The van der Waals surface area contributed by atoms with E-state index in [1.807, 2.05) is 6.07 Å². The van der Waals surface area contributed by atoms with Gasteiger partial charge in [-0.2, -0.15) is 5.48 Å². The van der Waals surface area contributed by atoms with Crippen molar-refractivity contribution in [3.05, 3.63) is 29.3 Å². The number of hydrogen-bond acceptors (Lipinski definition) is 5. The van der Waals surface area contributed by atoms with Crippen LogP contribution in [0.15, 0.2) is 18.2 Å². The van der Waals surface area contributed by atoms with E-state index >= 15 is 0 Å². The van der Waals surface area contributed by atoms with Crippen LogP contribution in [0, 0.1) is 0 Å². The molecule has 0 aliphatic carbocycles. The molecule has 1 atom stereocenters. The number of aliphatic hydroxyl groups excluding tert-OH is 1. The Morgan fingerprint density at radius 1 is 1.40 bits per heavy atom. The lowest BCUT2D eigenvalue weighted by Crippen LogP contribution is -2.24. The zero-order chi connectivity index (χ0) is 14.1. The predicted octanol–water partition coefficient (Wildman–Crippen LogP) is 0.396. The molecule has 6 nitrogen and oxygen atoms in total. The Hall–Kier alpha value is -2.05. The number of nitrogens with one attached hydrogen (secondary N) is 1. The molecule has 1 fully saturated rings. The number of phenols is 1. The van der Waals surface area contributed by atoms with E-state index in [1.165, 1.54) is 6.08 Å². The quantitative estimate of drug-likeness (QED) is 0.728. The number of aromatic hydroxyl groups is 1. The highest BCUT2D eigenvalue weighted by Gasteiger charge is 2.23. The van der Waals surface area contributed by atoms with Gasteiger partial charge in [-0.15, -0.1) is 0 Å². The third-order valence-corrected chi connectivity index (χ3v) is 3.55. The molecule has 0 saturated carbocycles. The molecule has 6 heteroatoms. The number of nitrogens with zero attached hydrogens (tertiary/aromatic N) is 1. The number of fused-ring (bicyclic) bond motifs is 1. The van der Waals surface area contributed by atoms with Crippen LogP contribution in [0.2, 0.25) is 0 Å². The van der Waals surface area contributed by atoms with Crippen LogP contribution in [0.25, 0.3) is 6.08 Å². The van der Waals surface area contributed by atoms with Gasteiger partial charge in [0.1, 0.15) is 0 Å². The van der Waals surface area contributed by atoms with Crippen LogP contribution < -0.4 is 10.3 Å². The standard InChI is InChI=1S/C14H16N2O4/c17-11-5-6-16(8-11)7-10-2-1-9-3-4-12(18)15-20-14(9)13(10)19/h1-4,11,17,19H,5-8H2,(H,15,18)/t11-/m1/s1. The number of phenolic OH excluding ortho intramolecular Hbond substituents is 1. The average Bonchev–Trinajstić information content (AvgIpc) is 2.73. The van der Waals surface area contributed by atoms with Crippen LogP contribution in [0.5, 0.6) is 11.5 Å². The molecule has 1 aromatic rings. The molecule has 3 N–H and O–H groups in total. The Kier molecular flexibility index (Phi) is 3.33. The Morgan fingerprint density at radius 2 is 2.25 bits per heavy atom. The van der Waals surface area contributed by atoms with E-state index in [-0.39, 0.29) is 23.5 Å².